The zero-order valence-corrected chi connectivity index (χ0v) is 14.8. The number of alkyl halides is 3. The molecule has 4 nitrogen and oxygen atoms in total. The molecule has 0 spiro atoms. The lowest BCUT2D eigenvalue weighted by atomic mass is 10.1. The molecule has 0 bridgehead atoms. The maximum atomic E-state index is 12.7. The van der Waals surface area contributed by atoms with Crippen LogP contribution in [0, 0.1) is 0 Å². The van der Waals surface area contributed by atoms with Gasteiger partial charge in [0.1, 0.15) is 29.4 Å². The SMILES string of the molecule is FC(F)(F)c1cccc(OCCCOc2c3c(cc4occc24)OCC=C3)c1. The van der Waals surface area contributed by atoms with Crippen molar-refractivity contribution >= 4 is 17.0 Å². The largest absolute Gasteiger partial charge is 0.493 e. The predicted molar refractivity (Wildman–Crippen MR) is 97.8 cm³/mol. The Labute approximate surface area is 159 Å². The summed E-state index contributed by atoms with van der Waals surface area (Å²) in [5.41, 5.74) is 0.787. The molecule has 1 aliphatic heterocycles. The van der Waals surface area contributed by atoms with Crippen molar-refractivity contribution in [1.82, 2.24) is 0 Å². The molecule has 28 heavy (non-hydrogen) atoms. The van der Waals surface area contributed by atoms with E-state index in [9.17, 15) is 13.2 Å². The number of hydrogen-bond acceptors (Lipinski definition) is 4. The van der Waals surface area contributed by atoms with Gasteiger partial charge < -0.3 is 18.6 Å². The molecule has 0 saturated heterocycles. The van der Waals surface area contributed by atoms with Crippen molar-refractivity contribution in [1.29, 1.82) is 0 Å². The molecule has 0 fully saturated rings. The van der Waals surface area contributed by atoms with Gasteiger partial charge in [0.15, 0.2) is 0 Å². The first-order valence-corrected chi connectivity index (χ1v) is 8.79. The molecule has 1 aliphatic rings. The summed E-state index contributed by atoms with van der Waals surface area (Å²) >= 11 is 0. The van der Waals surface area contributed by atoms with Crippen molar-refractivity contribution in [2.24, 2.45) is 0 Å². The van der Waals surface area contributed by atoms with Gasteiger partial charge in [-0.1, -0.05) is 6.07 Å². The van der Waals surface area contributed by atoms with E-state index < -0.39 is 11.7 Å². The second-order valence-corrected chi connectivity index (χ2v) is 6.24. The second-order valence-electron chi connectivity index (χ2n) is 6.24. The molecular weight excluding hydrogens is 373 g/mol. The first-order valence-electron chi connectivity index (χ1n) is 8.79. The van der Waals surface area contributed by atoms with E-state index in [0.717, 1.165) is 23.1 Å². The fraction of sp³-hybridized carbons (Fsp3) is 0.238. The third-order valence-corrected chi connectivity index (χ3v) is 4.30. The van der Waals surface area contributed by atoms with Crippen LogP contribution in [0.25, 0.3) is 17.0 Å². The van der Waals surface area contributed by atoms with E-state index in [-0.39, 0.29) is 12.4 Å². The monoisotopic (exact) mass is 390 g/mol. The molecule has 2 heterocycles. The number of ether oxygens (including phenoxy) is 3. The Balaban J connectivity index is 1.38. The normalized spacial score (nSPS) is 13.2. The number of rotatable bonds is 6. The first-order chi connectivity index (χ1) is 13.5. The van der Waals surface area contributed by atoms with Gasteiger partial charge in [0.25, 0.3) is 0 Å². The lowest BCUT2D eigenvalue weighted by Gasteiger charge is -2.17. The predicted octanol–water partition coefficient (Wildman–Crippen LogP) is 5.71. The van der Waals surface area contributed by atoms with Crippen molar-refractivity contribution in [3.05, 3.63) is 59.9 Å². The molecule has 7 heteroatoms. The Hall–Kier alpha value is -3.09. The highest BCUT2D eigenvalue weighted by Crippen LogP contribution is 2.40. The van der Waals surface area contributed by atoms with E-state index in [4.69, 9.17) is 18.6 Å². The van der Waals surface area contributed by atoms with Crippen molar-refractivity contribution in [3.8, 4) is 17.2 Å². The summed E-state index contributed by atoms with van der Waals surface area (Å²) in [5, 5.41) is 0.840. The quantitative estimate of drug-likeness (QED) is 0.506. The molecule has 2 aromatic carbocycles. The van der Waals surface area contributed by atoms with Crippen LogP contribution >= 0.6 is 0 Å². The molecule has 3 aromatic rings. The highest BCUT2D eigenvalue weighted by atomic mass is 19.4. The maximum Gasteiger partial charge on any atom is 0.416 e. The molecule has 0 N–H and O–H groups in total. The lowest BCUT2D eigenvalue weighted by molar-refractivity contribution is -0.137. The molecule has 0 atom stereocenters. The Morgan fingerprint density at radius 3 is 2.75 bits per heavy atom. The smallest absolute Gasteiger partial charge is 0.416 e. The van der Waals surface area contributed by atoms with Crippen LogP contribution in [-0.2, 0) is 6.18 Å². The van der Waals surface area contributed by atoms with Crippen molar-refractivity contribution in [3.63, 3.8) is 0 Å². The summed E-state index contributed by atoms with van der Waals surface area (Å²) in [7, 11) is 0. The highest BCUT2D eigenvalue weighted by Gasteiger charge is 2.30. The van der Waals surface area contributed by atoms with Crippen LogP contribution in [0.15, 0.2) is 53.2 Å². The van der Waals surface area contributed by atoms with Gasteiger partial charge in [0, 0.05) is 12.5 Å². The van der Waals surface area contributed by atoms with Crippen molar-refractivity contribution in [2.45, 2.75) is 12.6 Å². The molecule has 0 aliphatic carbocycles. The topological polar surface area (TPSA) is 40.8 Å². The molecule has 4 rings (SSSR count). The average Bonchev–Trinajstić information content (AvgIpc) is 3.15. The molecule has 1 aromatic heterocycles. The summed E-state index contributed by atoms with van der Waals surface area (Å²) < 4.78 is 60.7. The van der Waals surface area contributed by atoms with Crippen LogP contribution in [0.1, 0.15) is 17.5 Å². The summed E-state index contributed by atoms with van der Waals surface area (Å²) in [4.78, 5) is 0. The van der Waals surface area contributed by atoms with Gasteiger partial charge >= 0.3 is 6.18 Å². The standard InChI is InChI=1S/C21H17F3O4/c22-21(23,24)14-4-1-5-15(12-14)25-9-3-10-28-20-16-6-2-8-26-18(16)13-19-17(20)7-11-27-19/h1-2,4-7,11-13H,3,8-10H2. The van der Waals surface area contributed by atoms with Crippen LogP contribution in [0.5, 0.6) is 17.2 Å². The first kappa shape index (κ1) is 18.3. The Kier molecular flexibility index (Phi) is 4.90. The van der Waals surface area contributed by atoms with Crippen molar-refractivity contribution in [2.75, 3.05) is 19.8 Å². The third-order valence-electron chi connectivity index (χ3n) is 4.30. The zero-order valence-electron chi connectivity index (χ0n) is 14.8. The van der Waals surface area contributed by atoms with Gasteiger partial charge in [-0.05, 0) is 36.4 Å². The summed E-state index contributed by atoms with van der Waals surface area (Å²) in [6, 6.07) is 8.49. The Morgan fingerprint density at radius 2 is 1.89 bits per heavy atom. The minimum Gasteiger partial charge on any atom is -0.493 e. The van der Waals surface area contributed by atoms with Gasteiger partial charge in [-0.25, -0.2) is 0 Å². The fourth-order valence-corrected chi connectivity index (χ4v) is 3.00. The maximum absolute atomic E-state index is 12.7. The van der Waals surface area contributed by atoms with Crippen LogP contribution < -0.4 is 14.2 Å². The van der Waals surface area contributed by atoms with Crippen LogP contribution in [0.4, 0.5) is 13.2 Å². The molecule has 0 unspecified atom stereocenters. The molecule has 0 amide bonds. The number of halogens is 3. The summed E-state index contributed by atoms with van der Waals surface area (Å²) in [6.07, 6.45) is 1.55. The van der Waals surface area contributed by atoms with E-state index in [1.165, 1.54) is 12.1 Å². The van der Waals surface area contributed by atoms with E-state index in [1.54, 1.807) is 6.26 Å². The second kappa shape index (κ2) is 7.50. The van der Waals surface area contributed by atoms with Gasteiger partial charge in [-0.2, -0.15) is 13.2 Å². The molecule has 146 valence electrons. The van der Waals surface area contributed by atoms with Crippen LogP contribution in [-0.4, -0.2) is 19.8 Å². The number of fused-ring (bicyclic) bond motifs is 2. The number of furan rings is 1. The van der Waals surface area contributed by atoms with E-state index in [0.29, 0.717) is 36.7 Å². The van der Waals surface area contributed by atoms with Gasteiger partial charge in [0.05, 0.1) is 36.0 Å². The Morgan fingerprint density at radius 1 is 1.04 bits per heavy atom. The van der Waals surface area contributed by atoms with Crippen LogP contribution in [0.2, 0.25) is 0 Å². The van der Waals surface area contributed by atoms with Gasteiger partial charge in [-0.15, -0.1) is 0 Å². The third kappa shape index (κ3) is 3.78. The zero-order chi connectivity index (χ0) is 19.6. The van der Waals surface area contributed by atoms with E-state index in [2.05, 4.69) is 0 Å². The average molecular weight is 390 g/mol. The minimum absolute atomic E-state index is 0.181. The number of benzene rings is 2. The van der Waals surface area contributed by atoms with E-state index >= 15 is 0 Å². The molecule has 0 saturated carbocycles. The summed E-state index contributed by atoms with van der Waals surface area (Å²) in [6.45, 7) is 1.06. The fourth-order valence-electron chi connectivity index (χ4n) is 3.00. The molecule has 0 radical (unpaired) electrons. The van der Waals surface area contributed by atoms with E-state index in [1.807, 2.05) is 24.3 Å². The highest BCUT2D eigenvalue weighted by molar-refractivity contribution is 5.91. The summed E-state index contributed by atoms with van der Waals surface area (Å²) in [5.74, 6) is 1.54. The Bertz CT molecular complexity index is 1000. The van der Waals surface area contributed by atoms with Gasteiger partial charge in [-0.3, -0.25) is 0 Å². The lowest BCUT2D eigenvalue weighted by Crippen LogP contribution is -2.08. The van der Waals surface area contributed by atoms with Crippen LogP contribution in [0.3, 0.4) is 0 Å². The molecular formula is C21H17F3O4. The number of hydrogen-bond donors (Lipinski definition) is 0. The van der Waals surface area contributed by atoms with Crippen molar-refractivity contribution < 1.29 is 31.8 Å². The minimum atomic E-state index is -4.39. The van der Waals surface area contributed by atoms with Gasteiger partial charge in [0.2, 0.25) is 0 Å².